The second kappa shape index (κ2) is 6.80. The van der Waals surface area contributed by atoms with Crippen molar-refractivity contribution in [2.45, 2.75) is 13.8 Å². The number of hydrogen-bond acceptors (Lipinski definition) is 4. The van der Waals surface area contributed by atoms with Gasteiger partial charge in [-0.15, -0.1) is 0 Å². The van der Waals surface area contributed by atoms with E-state index in [0.29, 0.717) is 11.4 Å². The SMILES string of the molecule is CC(=O)Oc1ccc(N2C(=O)[C@H]3[C@H](C2=O)[C@H]2C=C[C@H]3C2=C(C)c2ccccc2)cc1. The normalized spacial score (nSPS) is 26.3. The molecular formula is C25H21NO4. The second-order valence-corrected chi connectivity index (χ2v) is 8.03. The quantitative estimate of drug-likeness (QED) is 0.339. The van der Waals surface area contributed by atoms with Crippen molar-refractivity contribution < 1.29 is 19.1 Å². The summed E-state index contributed by atoms with van der Waals surface area (Å²) < 4.78 is 5.04. The Balaban J connectivity index is 1.47. The molecule has 0 unspecified atom stereocenters. The Labute approximate surface area is 174 Å². The number of benzene rings is 2. The van der Waals surface area contributed by atoms with Crippen molar-refractivity contribution in [3.05, 3.63) is 77.9 Å². The predicted octanol–water partition coefficient (Wildman–Crippen LogP) is 4.01. The topological polar surface area (TPSA) is 63.7 Å². The summed E-state index contributed by atoms with van der Waals surface area (Å²) in [5.74, 6) is -1.12. The van der Waals surface area contributed by atoms with Crippen LogP contribution in [0.2, 0.25) is 0 Å². The smallest absolute Gasteiger partial charge is 0.308 e. The van der Waals surface area contributed by atoms with Crippen molar-refractivity contribution in [1.82, 2.24) is 0 Å². The first-order valence-electron chi connectivity index (χ1n) is 10.1. The van der Waals surface area contributed by atoms with Crippen molar-refractivity contribution in [2.24, 2.45) is 23.7 Å². The van der Waals surface area contributed by atoms with Crippen LogP contribution in [0.15, 0.2) is 72.3 Å². The zero-order valence-corrected chi connectivity index (χ0v) is 16.7. The minimum absolute atomic E-state index is 0.0398. The Morgan fingerprint density at radius 1 is 0.833 bits per heavy atom. The molecule has 2 bridgehead atoms. The predicted molar refractivity (Wildman–Crippen MR) is 112 cm³/mol. The number of imide groups is 1. The lowest BCUT2D eigenvalue weighted by molar-refractivity contribution is -0.132. The Kier molecular flexibility index (Phi) is 4.21. The lowest BCUT2D eigenvalue weighted by atomic mass is 9.85. The summed E-state index contributed by atoms with van der Waals surface area (Å²) in [6, 6.07) is 16.6. The number of anilines is 1. The molecule has 2 aliphatic carbocycles. The van der Waals surface area contributed by atoms with E-state index < -0.39 is 5.97 Å². The molecule has 3 aliphatic rings. The molecule has 2 fully saturated rings. The van der Waals surface area contributed by atoms with E-state index in [9.17, 15) is 14.4 Å². The molecule has 1 heterocycles. The summed E-state index contributed by atoms with van der Waals surface area (Å²) in [6.07, 6.45) is 4.18. The molecule has 2 aromatic carbocycles. The monoisotopic (exact) mass is 399 g/mol. The summed E-state index contributed by atoms with van der Waals surface area (Å²) in [7, 11) is 0. The lowest BCUT2D eigenvalue weighted by Gasteiger charge is -2.20. The zero-order chi connectivity index (χ0) is 21.0. The zero-order valence-electron chi connectivity index (χ0n) is 16.7. The van der Waals surface area contributed by atoms with E-state index >= 15 is 0 Å². The number of fused-ring (bicyclic) bond motifs is 5. The minimum atomic E-state index is -0.415. The maximum atomic E-state index is 13.3. The van der Waals surface area contributed by atoms with Gasteiger partial charge in [0.1, 0.15) is 5.75 Å². The van der Waals surface area contributed by atoms with Crippen LogP contribution >= 0.6 is 0 Å². The van der Waals surface area contributed by atoms with E-state index in [0.717, 1.165) is 11.1 Å². The van der Waals surface area contributed by atoms with Gasteiger partial charge in [0.05, 0.1) is 17.5 Å². The number of allylic oxidation sites excluding steroid dienone is 4. The number of amides is 2. The van der Waals surface area contributed by atoms with Crippen LogP contribution in [0.4, 0.5) is 5.69 Å². The molecule has 0 N–H and O–H groups in total. The van der Waals surface area contributed by atoms with Crippen molar-refractivity contribution in [2.75, 3.05) is 4.90 Å². The van der Waals surface area contributed by atoms with Crippen molar-refractivity contribution in [1.29, 1.82) is 0 Å². The van der Waals surface area contributed by atoms with Crippen molar-refractivity contribution in [3.63, 3.8) is 0 Å². The summed E-state index contributed by atoms with van der Waals surface area (Å²) in [6.45, 7) is 3.41. The van der Waals surface area contributed by atoms with Crippen LogP contribution in [0.1, 0.15) is 19.4 Å². The highest BCUT2D eigenvalue weighted by atomic mass is 16.5. The fourth-order valence-electron chi connectivity index (χ4n) is 5.20. The fourth-order valence-corrected chi connectivity index (χ4v) is 5.20. The molecule has 5 nitrogen and oxygen atoms in total. The lowest BCUT2D eigenvalue weighted by Crippen LogP contribution is -2.33. The third kappa shape index (κ3) is 2.65. The van der Waals surface area contributed by atoms with Gasteiger partial charge in [-0.3, -0.25) is 14.4 Å². The van der Waals surface area contributed by atoms with Gasteiger partial charge in [-0.2, -0.15) is 0 Å². The Bertz CT molecular complexity index is 1080. The number of esters is 1. The first kappa shape index (κ1) is 18.6. The third-order valence-electron chi connectivity index (χ3n) is 6.41. The summed E-state index contributed by atoms with van der Waals surface area (Å²) in [4.78, 5) is 39.0. The molecule has 1 aliphatic heterocycles. The average molecular weight is 399 g/mol. The van der Waals surface area contributed by atoms with E-state index in [1.807, 2.05) is 18.2 Å². The van der Waals surface area contributed by atoms with Crippen molar-refractivity contribution >= 4 is 29.0 Å². The number of rotatable bonds is 3. The van der Waals surface area contributed by atoms with Crippen LogP contribution in [-0.4, -0.2) is 17.8 Å². The van der Waals surface area contributed by atoms with Crippen LogP contribution in [0.25, 0.3) is 5.57 Å². The molecule has 5 heteroatoms. The first-order chi connectivity index (χ1) is 14.5. The van der Waals surface area contributed by atoms with Crippen molar-refractivity contribution in [3.8, 4) is 5.75 Å². The third-order valence-corrected chi connectivity index (χ3v) is 6.41. The van der Waals surface area contributed by atoms with Gasteiger partial charge in [0.25, 0.3) is 0 Å². The maximum absolute atomic E-state index is 13.3. The number of carbonyl (C=O) groups excluding carboxylic acids is 3. The molecule has 1 saturated carbocycles. The molecule has 0 aromatic heterocycles. The Morgan fingerprint density at radius 2 is 1.40 bits per heavy atom. The number of ether oxygens (including phenoxy) is 1. The summed E-state index contributed by atoms with van der Waals surface area (Å²) >= 11 is 0. The molecule has 2 aromatic rings. The highest BCUT2D eigenvalue weighted by Crippen LogP contribution is 2.58. The molecule has 30 heavy (non-hydrogen) atoms. The van der Waals surface area contributed by atoms with E-state index in [-0.39, 0.29) is 35.5 Å². The molecule has 5 rings (SSSR count). The van der Waals surface area contributed by atoms with Gasteiger partial charge >= 0.3 is 5.97 Å². The first-order valence-corrected chi connectivity index (χ1v) is 10.1. The van der Waals surface area contributed by atoms with Gasteiger partial charge in [0.2, 0.25) is 11.8 Å². The highest BCUT2D eigenvalue weighted by Gasteiger charge is 2.62. The molecule has 1 saturated heterocycles. The van der Waals surface area contributed by atoms with Gasteiger partial charge in [-0.05, 0) is 42.3 Å². The van der Waals surface area contributed by atoms with Gasteiger partial charge in [0, 0.05) is 18.8 Å². The highest BCUT2D eigenvalue weighted by molar-refractivity contribution is 6.23. The van der Waals surface area contributed by atoms with Gasteiger partial charge in [-0.25, -0.2) is 4.90 Å². The second-order valence-electron chi connectivity index (χ2n) is 8.03. The van der Waals surface area contributed by atoms with E-state index in [2.05, 4.69) is 31.2 Å². The van der Waals surface area contributed by atoms with Gasteiger partial charge in [-0.1, -0.05) is 48.1 Å². The average Bonchev–Trinajstić information content (AvgIpc) is 3.38. The van der Waals surface area contributed by atoms with Gasteiger partial charge in [0.15, 0.2) is 0 Å². The van der Waals surface area contributed by atoms with Crippen LogP contribution in [-0.2, 0) is 14.4 Å². The Hall–Kier alpha value is -3.47. The summed E-state index contributed by atoms with van der Waals surface area (Å²) in [5, 5.41) is 0. The van der Waals surface area contributed by atoms with E-state index in [4.69, 9.17) is 4.74 Å². The largest absolute Gasteiger partial charge is 0.427 e. The molecule has 0 radical (unpaired) electrons. The molecule has 150 valence electrons. The number of nitrogens with zero attached hydrogens (tertiary/aromatic N) is 1. The van der Waals surface area contributed by atoms with Crippen LogP contribution < -0.4 is 9.64 Å². The van der Waals surface area contributed by atoms with Crippen LogP contribution in [0, 0.1) is 23.7 Å². The van der Waals surface area contributed by atoms with E-state index in [1.165, 1.54) is 17.4 Å². The Morgan fingerprint density at radius 3 is 1.93 bits per heavy atom. The molecule has 2 amide bonds. The van der Waals surface area contributed by atoms with Crippen LogP contribution in [0.3, 0.4) is 0 Å². The minimum Gasteiger partial charge on any atom is -0.427 e. The molecule has 4 atom stereocenters. The standard InChI is InChI=1S/C25H21NO4/c1-14(16-6-4-3-5-7-16)21-19-12-13-20(21)23-22(19)24(28)26(25(23)29)17-8-10-18(11-9-17)30-15(2)27/h3-13,19-20,22-23H,1-2H3/t19-,20-,22+,23+/m0/s1. The van der Waals surface area contributed by atoms with E-state index in [1.54, 1.807) is 24.3 Å². The summed E-state index contributed by atoms with van der Waals surface area (Å²) in [5.41, 5.74) is 4.00. The molecular weight excluding hydrogens is 378 g/mol. The van der Waals surface area contributed by atoms with Gasteiger partial charge < -0.3 is 4.74 Å². The maximum Gasteiger partial charge on any atom is 0.308 e. The van der Waals surface area contributed by atoms with Crippen LogP contribution in [0.5, 0.6) is 5.75 Å². The fraction of sp³-hybridized carbons (Fsp3) is 0.240. The number of carbonyl (C=O) groups is 3. The molecule has 0 spiro atoms. The number of hydrogen-bond donors (Lipinski definition) is 0.